The number of ether oxygens (including phenoxy) is 2. The van der Waals surface area contributed by atoms with Gasteiger partial charge in [0.15, 0.2) is 0 Å². The van der Waals surface area contributed by atoms with Gasteiger partial charge in [-0.25, -0.2) is 4.79 Å². The van der Waals surface area contributed by atoms with Crippen molar-refractivity contribution in [3.63, 3.8) is 0 Å². The first-order valence-corrected chi connectivity index (χ1v) is 11.1. The number of alkyl halides is 6. The number of hydrogen-bond donors (Lipinski definition) is 1. The summed E-state index contributed by atoms with van der Waals surface area (Å²) in [7, 11) is -4.92. The number of benzene rings is 2. The number of esters is 1. The van der Waals surface area contributed by atoms with Gasteiger partial charge < -0.3 is 14.6 Å². The van der Waals surface area contributed by atoms with E-state index < -0.39 is 56.8 Å². The molecule has 2 rings (SSSR count). The van der Waals surface area contributed by atoms with Crippen LogP contribution >= 0.6 is 0 Å². The fraction of sp³-hybridized carbons (Fsp3) is 0.381. The highest BCUT2D eigenvalue weighted by Gasteiger charge is 2.49. The number of carbonyl (C=O) groups is 1. The van der Waals surface area contributed by atoms with Crippen LogP contribution in [0.15, 0.2) is 36.4 Å². The Balaban J connectivity index is 2.34. The molecule has 0 fully saturated rings. The summed E-state index contributed by atoms with van der Waals surface area (Å²) in [6.07, 6.45) is -4.96. The van der Waals surface area contributed by atoms with Gasteiger partial charge in [-0.2, -0.15) is 34.8 Å². The minimum Gasteiger partial charge on any atom is -0.506 e. The van der Waals surface area contributed by atoms with E-state index in [4.69, 9.17) is 9.47 Å². The van der Waals surface area contributed by atoms with Crippen molar-refractivity contribution in [2.45, 2.75) is 44.7 Å². The molecule has 0 aliphatic heterocycles. The van der Waals surface area contributed by atoms with Crippen LogP contribution in [0.5, 0.6) is 11.5 Å². The van der Waals surface area contributed by atoms with Gasteiger partial charge >= 0.3 is 27.7 Å². The fourth-order valence-corrected chi connectivity index (χ4v) is 3.46. The molecule has 0 aliphatic rings. The van der Waals surface area contributed by atoms with Crippen LogP contribution in [0.3, 0.4) is 0 Å². The molecule has 2 aromatic carbocycles. The Bertz CT molecular complexity index is 1190. The van der Waals surface area contributed by atoms with Crippen molar-refractivity contribution in [2.24, 2.45) is 0 Å². The molecular weight excluding hydrogens is 508 g/mol. The lowest BCUT2D eigenvalue weighted by molar-refractivity contribution is -0.138. The second-order valence-electron chi connectivity index (χ2n) is 8.20. The summed E-state index contributed by atoms with van der Waals surface area (Å²) in [5, 5.41) is 10.2. The highest BCUT2D eigenvalue weighted by molar-refractivity contribution is 7.93. The van der Waals surface area contributed by atoms with Gasteiger partial charge in [-0.3, -0.25) is 4.31 Å². The summed E-state index contributed by atoms with van der Waals surface area (Å²) in [6, 6.07) is 5.74. The van der Waals surface area contributed by atoms with Crippen LogP contribution in [0.1, 0.15) is 42.3 Å². The molecule has 0 bridgehead atoms. The first-order chi connectivity index (χ1) is 15.8. The van der Waals surface area contributed by atoms with Gasteiger partial charge in [0.1, 0.15) is 29.3 Å². The lowest BCUT2D eigenvalue weighted by atomic mass is 10.0. The van der Waals surface area contributed by atoms with Crippen LogP contribution in [0.2, 0.25) is 0 Å². The maximum absolute atomic E-state index is 13.2. The third-order valence-electron chi connectivity index (χ3n) is 4.42. The lowest BCUT2D eigenvalue weighted by Gasteiger charge is -2.22. The van der Waals surface area contributed by atoms with Crippen molar-refractivity contribution in [3.8, 4) is 11.5 Å². The van der Waals surface area contributed by atoms with Gasteiger partial charge in [0, 0.05) is 12.6 Å². The zero-order chi connectivity index (χ0) is 27.0. The largest absolute Gasteiger partial charge is 0.516 e. The van der Waals surface area contributed by atoms with Gasteiger partial charge in [-0.05, 0) is 51.1 Å². The first-order valence-electron chi connectivity index (χ1n) is 9.69. The van der Waals surface area contributed by atoms with E-state index in [1.807, 2.05) is 0 Å². The Labute approximate surface area is 196 Å². The fourth-order valence-electron chi connectivity index (χ4n) is 2.75. The second kappa shape index (κ2) is 9.47. The number of phenols is 1. The van der Waals surface area contributed by atoms with Crippen molar-refractivity contribution in [3.05, 3.63) is 53.1 Å². The Morgan fingerprint density at radius 2 is 1.51 bits per heavy atom. The van der Waals surface area contributed by atoms with E-state index in [0.29, 0.717) is 13.1 Å². The molecule has 0 saturated carbocycles. The van der Waals surface area contributed by atoms with Crippen molar-refractivity contribution < 1.29 is 54.1 Å². The molecule has 14 heteroatoms. The van der Waals surface area contributed by atoms with Crippen LogP contribution in [-0.4, -0.2) is 37.7 Å². The number of carbonyl (C=O) groups excluding carboxylic acids is 1. The van der Waals surface area contributed by atoms with E-state index in [1.165, 1.54) is 20.8 Å². The molecule has 35 heavy (non-hydrogen) atoms. The Kier molecular flexibility index (Phi) is 7.60. The molecule has 2 aromatic rings. The second-order valence-corrected chi connectivity index (χ2v) is 10.2. The smallest absolute Gasteiger partial charge is 0.506 e. The lowest BCUT2D eigenvalue weighted by Crippen LogP contribution is -2.38. The molecule has 0 radical (unpaired) electrons. The van der Waals surface area contributed by atoms with E-state index in [0.717, 1.165) is 30.3 Å². The number of phenolic OH excluding ortho intramolecular Hbond substituents is 1. The quantitative estimate of drug-likeness (QED) is 0.407. The molecule has 0 unspecified atom stereocenters. The molecule has 0 saturated heterocycles. The van der Waals surface area contributed by atoms with E-state index in [-0.39, 0.29) is 21.3 Å². The number of aromatic hydroxyl groups is 1. The van der Waals surface area contributed by atoms with Gasteiger partial charge in [0.05, 0.1) is 11.3 Å². The Morgan fingerprint density at radius 1 is 0.971 bits per heavy atom. The maximum Gasteiger partial charge on any atom is 0.516 e. The number of anilines is 1. The predicted molar refractivity (Wildman–Crippen MR) is 112 cm³/mol. The van der Waals surface area contributed by atoms with Crippen LogP contribution < -0.4 is 9.04 Å². The van der Waals surface area contributed by atoms with Crippen molar-refractivity contribution in [2.75, 3.05) is 11.4 Å². The number of halogens is 6. The maximum atomic E-state index is 13.2. The van der Waals surface area contributed by atoms with Crippen LogP contribution in [-0.2, 0) is 27.5 Å². The molecule has 0 amide bonds. The van der Waals surface area contributed by atoms with Gasteiger partial charge in [-0.15, -0.1) is 0 Å². The number of sulfonamides is 1. The van der Waals surface area contributed by atoms with E-state index in [9.17, 15) is 44.7 Å². The number of hydrogen-bond acceptors (Lipinski definition) is 6. The molecule has 7 nitrogen and oxygen atoms in total. The number of nitrogens with zero attached hydrogens (tertiary/aromatic N) is 1. The molecule has 0 aliphatic carbocycles. The third kappa shape index (κ3) is 6.50. The van der Waals surface area contributed by atoms with Gasteiger partial charge in [-0.1, -0.05) is 6.07 Å². The number of rotatable bonds is 6. The summed E-state index contributed by atoms with van der Waals surface area (Å²) >= 11 is 0. The van der Waals surface area contributed by atoms with E-state index in [2.05, 4.69) is 0 Å². The molecule has 194 valence electrons. The van der Waals surface area contributed by atoms with Crippen molar-refractivity contribution in [1.29, 1.82) is 0 Å². The molecule has 0 spiro atoms. The van der Waals surface area contributed by atoms with Crippen LogP contribution in [0, 0.1) is 0 Å². The summed E-state index contributed by atoms with van der Waals surface area (Å²) < 4.78 is 111. The van der Waals surface area contributed by atoms with Crippen LogP contribution in [0.25, 0.3) is 0 Å². The predicted octanol–water partition coefficient (Wildman–Crippen LogP) is 5.23. The third-order valence-corrected chi connectivity index (χ3v) is 5.94. The Hall–Kier alpha value is -3.16. The Morgan fingerprint density at radius 3 is 1.97 bits per heavy atom. The highest BCUT2D eigenvalue weighted by Crippen LogP contribution is 2.40. The van der Waals surface area contributed by atoms with E-state index >= 15 is 0 Å². The summed E-state index contributed by atoms with van der Waals surface area (Å²) in [5.74, 6) is -2.59. The standard InChI is InChI=1S/C21H21F6NO6S/c1-19(2,3)34-18(30)16-12(5-10-15(17(16)29)20(22,23)24)11-33-14-8-6-13(7-9-14)28(4)35(31,32)21(25,26)27/h5-10,29H,11H2,1-4H3. The minimum absolute atomic E-state index is 0.0129. The van der Waals surface area contributed by atoms with E-state index in [1.54, 1.807) is 0 Å². The highest BCUT2D eigenvalue weighted by atomic mass is 32.2. The topological polar surface area (TPSA) is 93.1 Å². The zero-order valence-electron chi connectivity index (χ0n) is 18.8. The monoisotopic (exact) mass is 529 g/mol. The normalized spacial score (nSPS) is 12.9. The van der Waals surface area contributed by atoms with Gasteiger partial charge in [0.2, 0.25) is 0 Å². The molecule has 1 N–H and O–H groups in total. The summed E-state index contributed by atoms with van der Waals surface area (Å²) in [5.41, 5.74) is -9.32. The average Bonchev–Trinajstić information content (AvgIpc) is 2.68. The molecule has 0 atom stereocenters. The molecule has 0 aromatic heterocycles. The first kappa shape index (κ1) is 28.1. The SMILES string of the molecule is CN(c1ccc(OCc2ccc(C(F)(F)F)c(O)c2C(=O)OC(C)(C)C)cc1)S(=O)(=O)C(F)(F)F. The molecular formula is C21H21F6NO6S. The summed E-state index contributed by atoms with van der Waals surface area (Å²) in [6.45, 7) is 3.90. The van der Waals surface area contributed by atoms with Crippen LogP contribution in [0.4, 0.5) is 32.0 Å². The van der Waals surface area contributed by atoms with Crippen molar-refractivity contribution >= 4 is 21.7 Å². The average molecular weight is 529 g/mol. The van der Waals surface area contributed by atoms with Gasteiger partial charge in [0.25, 0.3) is 0 Å². The zero-order valence-corrected chi connectivity index (χ0v) is 19.6. The molecule has 0 heterocycles. The minimum atomic E-state index is -5.63. The summed E-state index contributed by atoms with van der Waals surface area (Å²) in [4.78, 5) is 12.5. The van der Waals surface area contributed by atoms with Crippen molar-refractivity contribution in [1.82, 2.24) is 0 Å².